The smallest absolute Gasteiger partial charge is 0.0309 e. The summed E-state index contributed by atoms with van der Waals surface area (Å²) in [6, 6.07) is 21.8. The second-order valence-corrected chi connectivity index (χ2v) is 7.79. The fourth-order valence-corrected chi connectivity index (χ4v) is 6.07. The number of allylic oxidation sites excluding steroid dienone is 5. The summed E-state index contributed by atoms with van der Waals surface area (Å²) in [5.41, 5.74) is 1.85. The van der Waals surface area contributed by atoms with Crippen LogP contribution in [-0.2, 0) is 0 Å². The van der Waals surface area contributed by atoms with Crippen LogP contribution in [0.3, 0.4) is 0 Å². The lowest BCUT2D eigenvalue weighted by Gasteiger charge is -2.28. The summed E-state index contributed by atoms with van der Waals surface area (Å²) >= 11 is 2.36. The molecule has 0 spiro atoms. The van der Waals surface area contributed by atoms with Crippen molar-refractivity contribution >= 4 is 41.1 Å². The number of hydrogen-bond acceptors (Lipinski definition) is 0. The third kappa shape index (κ3) is 3.36. The Morgan fingerprint density at radius 2 is 1.38 bits per heavy atom. The molecule has 1 aliphatic carbocycles. The lowest BCUT2D eigenvalue weighted by molar-refractivity contribution is 1.28. The van der Waals surface area contributed by atoms with Gasteiger partial charge >= 0.3 is 0 Å². The van der Waals surface area contributed by atoms with Gasteiger partial charge < -0.3 is 0 Å². The molecule has 2 aromatic carbocycles. The van der Waals surface area contributed by atoms with E-state index < -0.39 is 7.92 Å². The van der Waals surface area contributed by atoms with Crippen LogP contribution in [0.1, 0.15) is 0 Å². The molecule has 1 aliphatic rings. The molecule has 0 nitrogen and oxygen atoms in total. The van der Waals surface area contributed by atoms with Gasteiger partial charge in [-0.15, -0.1) is 0 Å². The van der Waals surface area contributed by atoms with Crippen molar-refractivity contribution in [2.45, 2.75) is 5.66 Å². The summed E-state index contributed by atoms with van der Waals surface area (Å²) in [5.74, 6) is 0. The third-order valence-electron chi connectivity index (χ3n) is 3.51. The van der Waals surface area contributed by atoms with E-state index in [-0.39, 0.29) is 0 Å². The lowest BCUT2D eigenvalue weighted by atomic mass is 10.1. The van der Waals surface area contributed by atoms with Crippen molar-refractivity contribution in [3.63, 3.8) is 0 Å². The van der Waals surface area contributed by atoms with E-state index >= 15 is 0 Å². The van der Waals surface area contributed by atoms with E-state index in [0.717, 1.165) is 0 Å². The molecule has 0 N–H and O–H groups in total. The Kier molecular flexibility index (Phi) is 5.05. The molecule has 21 heavy (non-hydrogen) atoms. The summed E-state index contributed by atoms with van der Waals surface area (Å²) in [6.45, 7) is 0. The van der Waals surface area contributed by atoms with Crippen molar-refractivity contribution < 1.29 is 0 Å². The van der Waals surface area contributed by atoms with E-state index in [4.69, 9.17) is 0 Å². The molecule has 0 radical (unpaired) electrons. The van der Waals surface area contributed by atoms with Crippen LogP contribution in [0.4, 0.5) is 0 Å². The summed E-state index contributed by atoms with van der Waals surface area (Å²) in [5, 5.41) is 2.86. The molecule has 0 aromatic heterocycles. The Hall–Kier alpha value is -1.18. The van der Waals surface area contributed by atoms with Gasteiger partial charge in [-0.25, -0.2) is 0 Å². The van der Waals surface area contributed by atoms with Crippen molar-refractivity contribution in [3.05, 3.63) is 94.6 Å². The van der Waals surface area contributed by atoms with Crippen molar-refractivity contribution in [2.75, 3.05) is 0 Å². The first-order valence-corrected chi connectivity index (χ1v) is 9.60. The minimum absolute atomic E-state index is 0.425. The molecule has 0 aliphatic heterocycles. The van der Waals surface area contributed by atoms with Gasteiger partial charge in [0.05, 0.1) is 0 Å². The highest BCUT2D eigenvalue weighted by molar-refractivity contribution is 14.1. The number of hydrogen-bond donors (Lipinski definition) is 0. The summed E-state index contributed by atoms with van der Waals surface area (Å²) in [4.78, 5) is 0. The van der Waals surface area contributed by atoms with E-state index in [9.17, 15) is 0 Å². The average Bonchev–Trinajstić information content (AvgIpc) is 2.58. The molecule has 1 atom stereocenters. The largest absolute Gasteiger partial charge is 0.0721 e. The average molecular weight is 402 g/mol. The topological polar surface area (TPSA) is 0 Å². The first-order chi connectivity index (χ1) is 10.4. The van der Waals surface area contributed by atoms with Crippen LogP contribution in [0.2, 0.25) is 0 Å². The van der Waals surface area contributed by atoms with E-state index in [1.54, 1.807) is 0 Å². The van der Waals surface area contributed by atoms with Crippen LogP contribution in [-0.4, -0.2) is 5.66 Å². The molecule has 0 heterocycles. The number of benzene rings is 2. The van der Waals surface area contributed by atoms with Gasteiger partial charge in [-0.05, 0) is 28.2 Å². The van der Waals surface area contributed by atoms with Gasteiger partial charge in [-0.1, -0.05) is 108 Å². The van der Waals surface area contributed by atoms with Crippen LogP contribution < -0.4 is 10.6 Å². The minimum Gasteiger partial charge on any atom is -0.0721 e. The normalized spacial score (nSPS) is 19.3. The highest BCUT2D eigenvalue weighted by Crippen LogP contribution is 2.45. The summed E-state index contributed by atoms with van der Waals surface area (Å²) < 4.78 is 2.21. The Bertz CT molecular complexity index is 632. The Labute approximate surface area is 141 Å². The van der Waals surface area contributed by atoms with Crippen molar-refractivity contribution in [3.8, 4) is 0 Å². The quantitative estimate of drug-likeness (QED) is 0.505. The predicted octanol–water partition coefficient (Wildman–Crippen LogP) is 4.93. The van der Waals surface area contributed by atoms with Crippen molar-refractivity contribution in [1.29, 1.82) is 0 Å². The maximum absolute atomic E-state index is 2.36. The molecule has 2 heteroatoms. The van der Waals surface area contributed by atoms with Crippen molar-refractivity contribution in [2.24, 2.45) is 0 Å². The predicted molar refractivity (Wildman–Crippen MR) is 103 cm³/mol. The van der Waals surface area contributed by atoms with Crippen LogP contribution in [0.15, 0.2) is 94.6 Å². The van der Waals surface area contributed by atoms with Gasteiger partial charge in [0.15, 0.2) is 0 Å². The van der Waals surface area contributed by atoms with Crippen LogP contribution in [0.5, 0.6) is 0 Å². The zero-order valence-corrected chi connectivity index (χ0v) is 14.6. The first-order valence-electron chi connectivity index (χ1n) is 6.94. The van der Waals surface area contributed by atoms with Gasteiger partial charge in [0.2, 0.25) is 0 Å². The van der Waals surface area contributed by atoms with E-state index in [2.05, 4.69) is 112 Å². The molecular formula is C19H16IP. The molecule has 0 amide bonds. The zero-order valence-electron chi connectivity index (χ0n) is 11.6. The maximum Gasteiger partial charge on any atom is 0.0309 e. The zero-order chi connectivity index (χ0) is 14.5. The van der Waals surface area contributed by atoms with Gasteiger partial charge in [-0.2, -0.15) is 0 Å². The Morgan fingerprint density at radius 1 is 0.810 bits per heavy atom. The molecule has 104 valence electrons. The first kappa shape index (κ1) is 14.7. The molecule has 0 fully saturated rings. The summed E-state index contributed by atoms with van der Waals surface area (Å²) in [6.07, 6.45) is 8.88. The van der Waals surface area contributed by atoms with Gasteiger partial charge in [0.25, 0.3) is 0 Å². The van der Waals surface area contributed by atoms with Gasteiger partial charge in [-0.3, -0.25) is 0 Å². The molecular weight excluding hydrogens is 386 g/mol. The Balaban J connectivity index is 2.09. The molecule has 0 saturated carbocycles. The second kappa shape index (κ2) is 7.20. The molecule has 2 aromatic rings. The van der Waals surface area contributed by atoms with Crippen LogP contribution >= 0.6 is 30.5 Å². The van der Waals surface area contributed by atoms with E-state index in [1.165, 1.54) is 16.2 Å². The van der Waals surface area contributed by atoms with Crippen LogP contribution in [0.25, 0.3) is 0 Å². The van der Waals surface area contributed by atoms with E-state index in [0.29, 0.717) is 5.66 Å². The highest BCUT2D eigenvalue weighted by atomic mass is 127. The van der Waals surface area contributed by atoms with E-state index in [1.807, 2.05) is 0 Å². The fraction of sp³-hybridized carbons (Fsp3) is 0.0526. The monoisotopic (exact) mass is 402 g/mol. The van der Waals surface area contributed by atoms with Gasteiger partial charge in [0.1, 0.15) is 0 Å². The molecule has 0 bridgehead atoms. The standard InChI is InChI=1S/C19H16IP/c20-15-16-9-7-8-14-19(16)21(17-10-3-1-4-11-17)18-12-5-2-6-13-18/h1-15,19H. The number of halogens is 1. The molecule has 3 rings (SSSR count). The van der Waals surface area contributed by atoms with Crippen LogP contribution in [0, 0.1) is 0 Å². The fourth-order valence-electron chi connectivity index (χ4n) is 2.53. The second-order valence-electron chi connectivity index (χ2n) is 4.84. The number of rotatable bonds is 3. The molecule has 0 saturated heterocycles. The third-order valence-corrected chi connectivity index (χ3v) is 6.96. The summed E-state index contributed by atoms with van der Waals surface area (Å²) in [7, 11) is -0.425. The SMILES string of the molecule is IC=C1C=CC=CC1P(c1ccccc1)c1ccccc1. The minimum atomic E-state index is -0.425. The Morgan fingerprint density at radius 3 is 1.90 bits per heavy atom. The van der Waals surface area contributed by atoms with Gasteiger partial charge in [0, 0.05) is 5.66 Å². The highest BCUT2D eigenvalue weighted by Gasteiger charge is 2.25. The maximum atomic E-state index is 2.36. The lowest BCUT2D eigenvalue weighted by Crippen LogP contribution is -2.22. The molecule has 1 unspecified atom stereocenters. The van der Waals surface area contributed by atoms with Crippen molar-refractivity contribution in [1.82, 2.24) is 0 Å².